The number of alkyl halides is 3. The summed E-state index contributed by atoms with van der Waals surface area (Å²) in [5.74, 6) is -2.55. The number of amides is 1. The summed E-state index contributed by atoms with van der Waals surface area (Å²) >= 11 is 0.444. The van der Waals surface area contributed by atoms with Gasteiger partial charge < -0.3 is 19.4 Å². The summed E-state index contributed by atoms with van der Waals surface area (Å²) in [6, 6.07) is 5.47. The van der Waals surface area contributed by atoms with Crippen LogP contribution in [0.25, 0.3) is 16.9 Å². The molecule has 200 valence electrons. The molecule has 1 aliphatic heterocycles. The molecular weight excluding hydrogens is 531 g/mol. The zero-order chi connectivity index (χ0) is 27.2. The standard InChI is InChI=1S/C24H21F5N6O2S/c1-12-3-4-35-17(10-14-11-34(5-6-37-14)23-33-32-22(38-23)24(27,28)29)20(31-18(35)7-12)19-15(25)8-13(9-16(19)26)21(36)30-2/h3-4,7-9,14H,5-6,10-11H2,1-2H3,(H,30,36)/t14-/m0/s1. The first kappa shape index (κ1) is 26.0. The predicted octanol–water partition coefficient (Wildman–Crippen LogP) is 4.27. The number of hydrogen-bond acceptors (Lipinski definition) is 7. The van der Waals surface area contributed by atoms with Crippen LogP contribution in [0.5, 0.6) is 0 Å². The zero-order valence-electron chi connectivity index (χ0n) is 20.1. The third kappa shape index (κ3) is 4.92. The molecule has 4 heterocycles. The van der Waals surface area contributed by atoms with E-state index in [4.69, 9.17) is 4.74 Å². The number of carbonyl (C=O) groups is 1. The lowest BCUT2D eigenvalue weighted by molar-refractivity contribution is -0.138. The normalized spacial score (nSPS) is 16.3. The summed E-state index contributed by atoms with van der Waals surface area (Å²) in [6.45, 7) is 2.56. The zero-order valence-corrected chi connectivity index (χ0v) is 21.0. The molecule has 4 aromatic rings. The number of nitrogens with one attached hydrogen (secondary N) is 1. The predicted molar refractivity (Wildman–Crippen MR) is 129 cm³/mol. The molecule has 0 radical (unpaired) electrons. The fourth-order valence-electron chi connectivity index (χ4n) is 4.36. The quantitative estimate of drug-likeness (QED) is 0.373. The molecule has 1 N–H and O–H groups in total. The van der Waals surface area contributed by atoms with Crippen LogP contribution in [0.4, 0.5) is 27.1 Å². The van der Waals surface area contributed by atoms with Crippen molar-refractivity contribution in [3.63, 3.8) is 0 Å². The first-order chi connectivity index (χ1) is 18.0. The number of halogens is 5. The van der Waals surface area contributed by atoms with E-state index in [-0.39, 0.29) is 41.5 Å². The Kier molecular flexibility index (Phi) is 6.77. The number of pyridine rings is 1. The van der Waals surface area contributed by atoms with Crippen molar-refractivity contribution in [2.75, 3.05) is 31.6 Å². The summed E-state index contributed by atoms with van der Waals surface area (Å²) < 4.78 is 77.0. The van der Waals surface area contributed by atoms with Crippen LogP contribution in [0.1, 0.15) is 26.6 Å². The van der Waals surface area contributed by atoms with Gasteiger partial charge in [0.15, 0.2) is 0 Å². The third-order valence-electron chi connectivity index (χ3n) is 6.14. The number of carbonyl (C=O) groups excluding carboxylic acids is 1. The maximum Gasteiger partial charge on any atom is 0.445 e. The highest BCUT2D eigenvalue weighted by atomic mass is 32.1. The van der Waals surface area contributed by atoms with Crippen molar-refractivity contribution in [3.8, 4) is 11.3 Å². The van der Waals surface area contributed by atoms with Crippen molar-refractivity contribution in [2.24, 2.45) is 0 Å². The molecule has 38 heavy (non-hydrogen) atoms. The van der Waals surface area contributed by atoms with E-state index in [1.165, 1.54) is 7.05 Å². The Morgan fingerprint density at radius 1 is 1.21 bits per heavy atom. The number of hydrogen-bond donors (Lipinski definition) is 1. The maximum atomic E-state index is 15.2. The molecule has 1 atom stereocenters. The monoisotopic (exact) mass is 552 g/mol. The summed E-state index contributed by atoms with van der Waals surface area (Å²) in [5.41, 5.74) is 1.27. The number of fused-ring (bicyclic) bond motifs is 1. The summed E-state index contributed by atoms with van der Waals surface area (Å²) in [5, 5.41) is 8.33. The number of imidazole rings is 1. The van der Waals surface area contributed by atoms with Crippen molar-refractivity contribution in [3.05, 3.63) is 63.9 Å². The number of benzene rings is 1. The minimum atomic E-state index is -4.59. The highest BCUT2D eigenvalue weighted by Crippen LogP contribution is 2.36. The SMILES string of the molecule is CNC(=O)c1cc(F)c(-c2nc3cc(C)ccn3c2C[C@H]2CN(c3nnc(C(F)(F)F)s3)CCO2)c(F)c1. The fourth-order valence-corrected chi connectivity index (χ4v) is 5.10. The van der Waals surface area contributed by atoms with Crippen LogP contribution in [0.15, 0.2) is 30.5 Å². The summed E-state index contributed by atoms with van der Waals surface area (Å²) in [6.07, 6.45) is -3.26. The second-order valence-corrected chi connectivity index (χ2v) is 9.72. The van der Waals surface area contributed by atoms with Gasteiger partial charge in [0.05, 0.1) is 29.7 Å². The Morgan fingerprint density at radius 3 is 2.61 bits per heavy atom. The van der Waals surface area contributed by atoms with Gasteiger partial charge in [-0.05, 0) is 36.8 Å². The van der Waals surface area contributed by atoms with E-state index >= 15 is 8.78 Å². The van der Waals surface area contributed by atoms with E-state index in [0.717, 1.165) is 17.7 Å². The van der Waals surface area contributed by atoms with E-state index in [1.54, 1.807) is 21.6 Å². The number of aromatic nitrogens is 4. The minimum Gasteiger partial charge on any atom is -0.374 e. The van der Waals surface area contributed by atoms with Crippen molar-refractivity contribution in [2.45, 2.75) is 25.6 Å². The van der Waals surface area contributed by atoms with Crippen LogP contribution in [0.2, 0.25) is 0 Å². The third-order valence-corrected chi connectivity index (χ3v) is 7.16. The molecule has 1 saturated heterocycles. The molecule has 3 aromatic heterocycles. The smallest absolute Gasteiger partial charge is 0.374 e. The Hall–Kier alpha value is -3.65. The number of aryl methyl sites for hydroxylation is 1. The van der Waals surface area contributed by atoms with E-state index in [1.807, 2.05) is 13.0 Å². The molecule has 1 fully saturated rings. The number of nitrogens with zero attached hydrogens (tertiary/aromatic N) is 5. The van der Waals surface area contributed by atoms with Gasteiger partial charge in [-0.15, -0.1) is 10.2 Å². The molecular formula is C24H21F5N6O2S. The van der Waals surface area contributed by atoms with Gasteiger partial charge in [-0.1, -0.05) is 11.3 Å². The van der Waals surface area contributed by atoms with Gasteiger partial charge in [0, 0.05) is 38.3 Å². The molecule has 0 aliphatic carbocycles. The molecule has 1 aliphatic rings. The van der Waals surface area contributed by atoms with Crippen LogP contribution in [0.3, 0.4) is 0 Å². The van der Waals surface area contributed by atoms with Gasteiger partial charge in [-0.3, -0.25) is 4.79 Å². The summed E-state index contributed by atoms with van der Waals surface area (Å²) in [4.78, 5) is 18.1. The number of rotatable bonds is 5. The second-order valence-electron chi connectivity index (χ2n) is 8.76. The maximum absolute atomic E-state index is 15.2. The molecule has 1 aromatic carbocycles. The molecule has 0 unspecified atom stereocenters. The van der Waals surface area contributed by atoms with E-state index < -0.39 is 34.8 Å². The van der Waals surface area contributed by atoms with E-state index in [0.29, 0.717) is 29.2 Å². The van der Waals surface area contributed by atoms with Crippen LogP contribution in [-0.2, 0) is 17.3 Å². The highest BCUT2D eigenvalue weighted by Gasteiger charge is 2.37. The molecule has 8 nitrogen and oxygen atoms in total. The molecule has 14 heteroatoms. The van der Waals surface area contributed by atoms with Gasteiger partial charge in [0.25, 0.3) is 5.91 Å². The Labute approximate surface area is 217 Å². The first-order valence-corrected chi connectivity index (χ1v) is 12.3. The number of anilines is 1. The van der Waals surface area contributed by atoms with Crippen molar-refractivity contribution in [1.82, 2.24) is 24.9 Å². The lowest BCUT2D eigenvalue weighted by Gasteiger charge is -2.32. The first-order valence-electron chi connectivity index (χ1n) is 11.5. The fraction of sp³-hybridized carbons (Fsp3) is 0.333. The topological polar surface area (TPSA) is 84.7 Å². The van der Waals surface area contributed by atoms with Crippen LogP contribution in [-0.4, -0.2) is 58.3 Å². The van der Waals surface area contributed by atoms with Crippen molar-refractivity contribution >= 4 is 28.0 Å². The Balaban J connectivity index is 1.51. The largest absolute Gasteiger partial charge is 0.445 e. The molecule has 5 rings (SSSR count). The lowest BCUT2D eigenvalue weighted by Crippen LogP contribution is -2.43. The Bertz CT molecular complexity index is 1490. The summed E-state index contributed by atoms with van der Waals surface area (Å²) in [7, 11) is 1.35. The van der Waals surface area contributed by atoms with Gasteiger partial charge in [0.2, 0.25) is 10.1 Å². The Morgan fingerprint density at radius 2 is 1.95 bits per heavy atom. The minimum absolute atomic E-state index is 0.0463. The van der Waals surface area contributed by atoms with Crippen LogP contribution >= 0.6 is 11.3 Å². The highest BCUT2D eigenvalue weighted by molar-refractivity contribution is 7.15. The average Bonchev–Trinajstić information content (AvgIpc) is 3.49. The number of morpholine rings is 1. The van der Waals surface area contributed by atoms with Crippen LogP contribution < -0.4 is 10.2 Å². The second kappa shape index (κ2) is 9.91. The van der Waals surface area contributed by atoms with Crippen molar-refractivity contribution < 1.29 is 31.5 Å². The van der Waals surface area contributed by atoms with Gasteiger partial charge >= 0.3 is 6.18 Å². The lowest BCUT2D eigenvalue weighted by atomic mass is 10.0. The molecule has 0 spiro atoms. The average molecular weight is 553 g/mol. The van der Waals surface area contributed by atoms with Crippen molar-refractivity contribution in [1.29, 1.82) is 0 Å². The van der Waals surface area contributed by atoms with Gasteiger partial charge in [-0.2, -0.15) is 13.2 Å². The van der Waals surface area contributed by atoms with E-state index in [2.05, 4.69) is 20.5 Å². The van der Waals surface area contributed by atoms with Gasteiger partial charge in [0.1, 0.15) is 17.3 Å². The van der Waals surface area contributed by atoms with E-state index in [9.17, 15) is 18.0 Å². The molecule has 0 bridgehead atoms. The molecule has 0 saturated carbocycles. The molecule has 1 amide bonds. The van der Waals surface area contributed by atoms with Gasteiger partial charge in [-0.25, -0.2) is 13.8 Å². The van der Waals surface area contributed by atoms with Crippen LogP contribution in [0, 0.1) is 18.6 Å². The number of ether oxygens (including phenoxy) is 1.